The Morgan fingerprint density at radius 1 is 0.896 bits per heavy atom. The number of aryl methyl sites for hydroxylation is 1. The number of aromatic nitrogens is 3. The Kier molecular flexibility index (Phi) is 15.3. The first kappa shape index (κ1) is 48.6. The van der Waals surface area contributed by atoms with E-state index in [4.69, 9.17) is 19.3 Å². The number of unbranched alkanes of at least 4 members (excludes halogenated alkanes) is 1. The standard InChI is InChI=1S/C51H51BrF2N4O8S/c1-33-16-19-39(20-17-33)67(62,63)58-26-22-40-41(28-37(59)31-55-50(61)65-32-34-11-6-5-7-12-34)48(44(54)30-47(40)58)66-38-18-21-43(53)42(29-38)45-23-25-57(56-45)46(35-13-10-14-36(52)27-35)15-8-9-24-51(2,3)49(60)64-4/h5-7,10-14,16-23,25-27,29-30,37,46,59H,8-9,15,24,28,31-32H2,1-4H3,(H,55,61). The number of nitrogens with zero attached hydrogens (tertiary/aromatic N) is 3. The average molecular weight is 998 g/mol. The number of carbonyl (C=O) groups excluding carboxylic acids is 2. The molecule has 2 unspecified atom stereocenters. The first-order chi connectivity index (χ1) is 32.0. The van der Waals surface area contributed by atoms with Crippen LogP contribution in [0, 0.1) is 24.0 Å². The zero-order chi connectivity index (χ0) is 47.9. The van der Waals surface area contributed by atoms with Gasteiger partial charge in [-0.3, -0.25) is 9.48 Å². The summed E-state index contributed by atoms with van der Waals surface area (Å²) >= 11 is 3.57. The highest BCUT2D eigenvalue weighted by atomic mass is 79.9. The number of aliphatic hydroxyl groups is 1. The lowest BCUT2D eigenvalue weighted by Crippen LogP contribution is -2.33. The number of benzene rings is 5. The molecule has 5 aromatic carbocycles. The predicted octanol–water partition coefficient (Wildman–Crippen LogP) is 11.1. The summed E-state index contributed by atoms with van der Waals surface area (Å²) in [7, 11) is -2.82. The van der Waals surface area contributed by atoms with Crippen molar-refractivity contribution in [2.24, 2.45) is 5.41 Å². The van der Waals surface area contributed by atoms with E-state index < -0.39 is 39.3 Å². The van der Waals surface area contributed by atoms with Gasteiger partial charge in [0.05, 0.1) is 40.8 Å². The van der Waals surface area contributed by atoms with Gasteiger partial charge in [-0.2, -0.15) is 5.10 Å². The minimum atomic E-state index is -4.20. The summed E-state index contributed by atoms with van der Waals surface area (Å²) in [5, 5.41) is 18.9. The summed E-state index contributed by atoms with van der Waals surface area (Å²) in [5.41, 5.74) is 2.38. The van der Waals surface area contributed by atoms with E-state index in [9.17, 15) is 23.1 Å². The van der Waals surface area contributed by atoms with Crippen molar-refractivity contribution in [1.82, 2.24) is 19.1 Å². The highest BCUT2D eigenvalue weighted by Gasteiger charge is 2.29. The van der Waals surface area contributed by atoms with Crippen molar-refractivity contribution in [2.45, 2.75) is 76.5 Å². The second kappa shape index (κ2) is 21.1. The normalized spacial score (nSPS) is 12.7. The van der Waals surface area contributed by atoms with Crippen molar-refractivity contribution >= 4 is 48.9 Å². The lowest BCUT2D eigenvalue weighted by atomic mass is 9.86. The maximum absolute atomic E-state index is 16.6. The Morgan fingerprint density at radius 2 is 1.66 bits per heavy atom. The van der Waals surface area contributed by atoms with E-state index in [2.05, 4.69) is 21.2 Å². The first-order valence-electron chi connectivity index (χ1n) is 21.7. The molecule has 0 fully saturated rings. The largest absolute Gasteiger partial charge is 0.469 e. The van der Waals surface area contributed by atoms with Gasteiger partial charge in [0.2, 0.25) is 0 Å². The van der Waals surface area contributed by atoms with Crippen LogP contribution in [-0.2, 0) is 37.3 Å². The Hall–Kier alpha value is -6.36. The molecule has 0 bridgehead atoms. The molecule has 7 aromatic rings. The summed E-state index contributed by atoms with van der Waals surface area (Å²) < 4.78 is 80.3. The van der Waals surface area contributed by atoms with Gasteiger partial charge in [-0.05, 0) is 99.3 Å². The number of alkyl carbamates (subject to hydrolysis) is 1. The highest BCUT2D eigenvalue weighted by Crippen LogP contribution is 2.39. The van der Waals surface area contributed by atoms with Crippen LogP contribution < -0.4 is 10.1 Å². The monoisotopic (exact) mass is 996 g/mol. The first-order valence-corrected chi connectivity index (χ1v) is 23.9. The molecule has 0 saturated heterocycles. The van der Waals surface area contributed by atoms with Crippen molar-refractivity contribution in [3.8, 4) is 22.8 Å². The predicted molar refractivity (Wildman–Crippen MR) is 254 cm³/mol. The SMILES string of the molecule is COC(=O)C(C)(C)CCCCC(c1cccc(Br)c1)n1ccc(-c2cc(Oc3c(F)cc4c(ccn4S(=O)(=O)c4ccc(C)cc4)c3CC(O)CNC(=O)OCc3ccccc3)ccc2F)n1. The molecule has 0 aliphatic rings. The molecule has 0 spiro atoms. The van der Waals surface area contributed by atoms with Crippen molar-refractivity contribution in [1.29, 1.82) is 0 Å². The smallest absolute Gasteiger partial charge is 0.407 e. The minimum Gasteiger partial charge on any atom is -0.469 e. The van der Waals surface area contributed by atoms with Gasteiger partial charge >= 0.3 is 12.1 Å². The zero-order valence-corrected chi connectivity index (χ0v) is 39.8. The lowest BCUT2D eigenvalue weighted by Gasteiger charge is -2.22. The van der Waals surface area contributed by atoms with Crippen molar-refractivity contribution in [3.63, 3.8) is 0 Å². The van der Waals surface area contributed by atoms with Gasteiger partial charge in [0.1, 0.15) is 18.2 Å². The molecule has 7 rings (SSSR count). The molecule has 2 N–H and O–H groups in total. The number of hydrogen-bond acceptors (Lipinski definition) is 9. The molecule has 350 valence electrons. The molecule has 0 aliphatic heterocycles. The molecule has 2 aromatic heterocycles. The van der Waals surface area contributed by atoms with Gasteiger partial charge in [0, 0.05) is 52.4 Å². The van der Waals surface area contributed by atoms with Crippen LogP contribution in [0.1, 0.15) is 67.8 Å². The van der Waals surface area contributed by atoms with E-state index in [0.717, 1.165) is 44.0 Å². The lowest BCUT2D eigenvalue weighted by molar-refractivity contribution is -0.151. The average Bonchev–Trinajstić information content (AvgIpc) is 3.98. The molecule has 2 heterocycles. The molecule has 0 aliphatic carbocycles. The molecule has 67 heavy (non-hydrogen) atoms. The number of carbonyl (C=O) groups is 2. The Bertz CT molecular complexity index is 2980. The second-order valence-corrected chi connectivity index (χ2v) is 19.7. The molecule has 2 atom stereocenters. The summed E-state index contributed by atoms with van der Waals surface area (Å²) in [6, 6.07) is 31.0. The number of halogens is 3. The Morgan fingerprint density at radius 3 is 2.39 bits per heavy atom. The second-order valence-electron chi connectivity index (χ2n) is 16.9. The number of amides is 1. The number of hydrogen-bond donors (Lipinski definition) is 2. The fraction of sp³-hybridized carbons (Fsp3) is 0.275. The molecule has 12 nitrogen and oxygen atoms in total. The summed E-state index contributed by atoms with van der Waals surface area (Å²) in [5.74, 6) is -2.14. The van der Waals surface area contributed by atoms with E-state index in [0.29, 0.717) is 12.8 Å². The molecular weight excluding hydrogens is 947 g/mol. The maximum Gasteiger partial charge on any atom is 0.407 e. The van der Waals surface area contributed by atoms with Gasteiger partial charge < -0.3 is 24.6 Å². The summed E-state index contributed by atoms with van der Waals surface area (Å²) in [6.07, 6.45) is 3.45. The van der Waals surface area contributed by atoms with E-state index in [1.165, 1.54) is 49.7 Å². The number of esters is 1. The van der Waals surface area contributed by atoms with Crippen molar-refractivity contribution in [2.75, 3.05) is 13.7 Å². The van der Waals surface area contributed by atoms with Crippen LogP contribution in [-0.4, -0.2) is 59.1 Å². The fourth-order valence-corrected chi connectivity index (χ4v) is 9.65. The highest BCUT2D eigenvalue weighted by molar-refractivity contribution is 9.10. The van der Waals surface area contributed by atoms with E-state index in [-0.39, 0.29) is 75.7 Å². The maximum atomic E-state index is 16.6. The summed E-state index contributed by atoms with van der Waals surface area (Å²) in [6.45, 7) is 5.24. The van der Waals surface area contributed by atoms with Crippen LogP contribution in [0.3, 0.4) is 0 Å². The van der Waals surface area contributed by atoms with Gasteiger partial charge in [-0.25, -0.2) is 26.0 Å². The third-order valence-electron chi connectivity index (χ3n) is 11.5. The topological polar surface area (TPSA) is 151 Å². The van der Waals surface area contributed by atoms with Crippen LogP contribution in [0.5, 0.6) is 11.5 Å². The van der Waals surface area contributed by atoms with Crippen molar-refractivity contribution in [3.05, 3.63) is 166 Å². The van der Waals surface area contributed by atoms with Gasteiger partial charge in [0.15, 0.2) is 11.6 Å². The Balaban J connectivity index is 1.18. The molecule has 16 heteroatoms. The third-order valence-corrected chi connectivity index (χ3v) is 13.7. The van der Waals surface area contributed by atoms with Gasteiger partial charge in [-0.1, -0.05) is 88.9 Å². The van der Waals surface area contributed by atoms with E-state index in [1.54, 1.807) is 41.2 Å². The molecular formula is C51H51BrF2N4O8S. The molecule has 0 saturated carbocycles. The van der Waals surface area contributed by atoms with Crippen molar-refractivity contribution < 1.29 is 46.1 Å². The number of nitrogens with one attached hydrogen (secondary N) is 1. The van der Waals surface area contributed by atoms with Gasteiger partial charge in [-0.15, -0.1) is 0 Å². The van der Waals surface area contributed by atoms with E-state index in [1.807, 2.05) is 63.2 Å². The number of rotatable bonds is 19. The van der Waals surface area contributed by atoms with Crippen LogP contribution >= 0.6 is 15.9 Å². The van der Waals surface area contributed by atoms with E-state index >= 15 is 8.78 Å². The van der Waals surface area contributed by atoms with Crippen LogP contribution in [0.25, 0.3) is 22.2 Å². The molecule has 0 radical (unpaired) electrons. The number of ether oxygens (including phenoxy) is 3. The van der Waals surface area contributed by atoms with Gasteiger partial charge in [0.25, 0.3) is 10.0 Å². The zero-order valence-electron chi connectivity index (χ0n) is 37.4. The number of methoxy groups -OCH3 is 1. The quantitative estimate of drug-likeness (QED) is 0.0596. The van der Waals surface area contributed by atoms with Crippen LogP contribution in [0.15, 0.2) is 137 Å². The Labute approximate surface area is 396 Å². The number of aliphatic hydroxyl groups excluding tert-OH is 1. The minimum absolute atomic E-state index is 0.00188. The fourth-order valence-electron chi connectivity index (χ4n) is 7.89. The summed E-state index contributed by atoms with van der Waals surface area (Å²) in [4.78, 5) is 24.9. The molecule has 1 amide bonds. The number of fused-ring (bicyclic) bond motifs is 1. The third kappa shape index (κ3) is 11.6. The van der Waals surface area contributed by atoms with Crippen LogP contribution in [0.4, 0.5) is 13.6 Å². The van der Waals surface area contributed by atoms with Crippen LogP contribution in [0.2, 0.25) is 0 Å².